The summed E-state index contributed by atoms with van der Waals surface area (Å²) in [6, 6.07) is 22.4. The minimum absolute atomic E-state index is 0.0545. The van der Waals surface area contributed by atoms with E-state index >= 15 is 0 Å². The minimum atomic E-state index is 0.0545. The van der Waals surface area contributed by atoms with Gasteiger partial charge in [-0.1, -0.05) is 42.5 Å². The Kier molecular flexibility index (Phi) is 7.96. The fourth-order valence-electron chi connectivity index (χ4n) is 4.10. The van der Waals surface area contributed by atoms with Crippen molar-refractivity contribution < 1.29 is 14.6 Å². The second-order valence-corrected chi connectivity index (χ2v) is 9.06. The fraction of sp³-hybridized carbons (Fsp3) is 0.300. The van der Waals surface area contributed by atoms with Crippen LogP contribution in [0.2, 0.25) is 0 Å². The van der Waals surface area contributed by atoms with Crippen LogP contribution in [-0.4, -0.2) is 47.0 Å². The normalized spacial score (nSPS) is 12.0. The van der Waals surface area contributed by atoms with Crippen molar-refractivity contribution in [1.29, 1.82) is 0 Å². The number of benzene rings is 3. The molecular formula is C30H35N3O3. The summed E-state index contributed by atoms with van der Waals surface area (Å²) in [6.45, 7) is 10.1. The molecule has 0 atom stereocenters. The Morgan fingerprint density at radius 2 is 1.58 bits per heavy atom. The molecule has 3 aromatic carbocycles. The van der Waals surface area contributed by atoms with Gasteiger partial charge in [0.2, 0.25) is 0 Å². The SMILES string of the molecule is CCOc1cc2[nH]c(O)c(C(=Nc3ccc(CN(C)C(C)C)cc3)c3ccccc3)c2cc1OCC. The second kappa shape index (κ2) is 11.3. The molecular weight excluding hydrogens is 450 g/mol. The third-order valence-corrected chi connectivity index (χ3v) is 6.22. The summed E-state index contributed by atoms with van der Waals surface area (Å²) in [5.41, 5.74) is 5.01. The molecule has 0 aliphatic heterocycles. The van der Waals surface area contributed by atoms with E-state index in [9.17, 15) is 5.11 Å². The molecule has 0 radical (unpaired) electrons. The molecule has 2 N–H and O–H groups in total. The highest BCUT2D eigenvalue weighted by molar-refractivity contribution is 6.22. The number of aromatic amines is 1. The smallest absolute Gasteiger partial charge is 0.199 e. The van der Waals surface area contributed by atoms with Crippen molar-refractivity contribution in [2.75, 3.05) is 20.3 Å². The molecule has 4 aromatic rings. The summed E-state index contributed by atoms with van der Waals surface area (Å²) in [7, 11) is 2.12. The lowest BCUT2D eigenvalue weighted by Crippen LogP contribution is -2.25. The van der Waals surface area contributed by atoms with Gasteiger partial charge in [0.25, 0.3) is 0 Å². The maximum absolute atomic E-state index is 11.1. The molecule has 0 saturated heterocycles. The van der Waals surface area contributed by atoms with Crippen molar-refractivity contribution in [2.45, 2.75) is 40.3 Å². The van der Waals surface area contributed by atoms with Crippen molar-refractivity contribution in [3.63, 3.8) is 0 Å². The highest BCUT2D eigenvalue weighted by atomic mass is 16.5. The molecule has 1 aromatic heterocycles. The Morgan fingerprint density at radius 1 is 0.944 bits per heavy atom. The van der Waals surface area contributed by atoms with E-state index in [1.165, 1.54) is 5.56 Å². The zero-order valence-electron chi connectivity index (χ0n) is 21.7. The highest BCUT2D eigenvalue weighted by Gasteiger charge is 2.21. The third kappa shape index (κ3) is 5.55. The molecule has 36 heavy (non-hydrogen) atoms. The second-order valence-electron chi connectivity index (χ2n) is 9.06. The maximum Gasteiger partial charge on any atom is 0.199 e. The predicted molar refractivity (Wildman–Crippen MR) is 147 cm³/mol. The largest absolute Gasteiger partial charge is 0.494 e. The molecule has 0 saturated carbocycles. The van der Waals surface area contributed by atoms with Gasteiger partial charge in [0, 0.05) is 29.6 Å². The quantitative estimate of drug-likeness (QED) is 0.246. The van der Waals surface area contributed by atoms with Crippen LogP contribution in [0.25, 0.3) is 10.9 Å². The van der Waals surface area contributed by atoms with Crippen molar-refractivity contribution in [3.8, 4) is 17.4 Å². The summed E-state index contributed by atoms with van der Waals surface area (Å²) >= 11 is 0. The molecule has 1 heterocycles. The number of hydrogen-bond acceptors (Lipinski definition) is 5. The summed E-state index contributed by atoms with van der Waals surface area (Å²) in [5, 5.41) is 11.9. The lowest BCUT2D eigenvalue weighted by atomic mass is 10.0. The van der Waals surface area contributed by atoms with E-state index in [2.05, 4.69) is 42.9 Å². The first-order valence-corrected chi connectivity index (χ1v) is 12.5. The van der Waals surface area contributed by atoms with Gasteiger partial charge in [0.15, 0.2) is 17.4 Å². The van der Waals surface area contributed by atoms with Gasteiger partial charge in [0.1, 0.15) is 0 Å². The Balaban J connectivity index is 1.83. The van der Waals surface area contributed by atoms with Gasteiger partial charge in [-0.2, -0.15) is 0 Å². The molecule has 6 nitrogen and oxygen atoms in total. The zero-order chi connectivity index (χ0) is 25.7. The molecule has 4 rings (SSSR count). The number of aliphatic imine (C=N–C) groups is 1. The average Bonchev–Trinajstić information content (AvgIpc) is 3.18. The van der Waals surface area contributed by atoms with Crippen LogP contribution in [0.3, 0.4) is 0 Å². The van der Waals surface area contributed by atoms with E-state index < -0.39 is 0 Å². The van der Waals surface area contributed by atoms with Crippen LogP contribution in [0.15, 0.2) is 71.7 Å². The predicted octanol–water partition coefficient (Wildman–Crippen LogP) is 6.68. The van der Waals surface area contributed by atoms with E-state index in [0.717, 1.165) is 28.7 Å². The Bertz CT molecular complexity index is 1330. The number of nitrogens with zero attached hydrogens (tertiary/aromatic N) is 2. The third-order valence-electron chi connectivity index (χ3n) is 6.22. The van der Waals surface area contributed by atoms with Crippen molar-refractivity contribution in [1.82, 2.24) is 9.88 Å². The number of nitrogens with one attached hydrogen (secondary N) is 1. The van der Waals surface area contributed by atoms with Gasteiger partial charge in [-0.3, -0.25) is 4.90 Å². The van der Waals surface area contributed by atoms with Gasteiger partial charge < -0.3 is 19.6 Å². The van der Waals surface area contributed by atoms with Gasteiger partial charge in [0.05, 0.1) is 35.7 Å². The van der Waals surface area contributed by atoms with E-state index in [0.29, 0.717) is 42.0 Å². The summed E-state index contributed by atoms with van der Waals surface area (Å²) in [6.07, 6.45) is 0. The highest BCUT2D eigenvalue weighted by Crippen LogP contribution is 2.38. The number of H-pyrrole nitrogens is 1. The first-order valence-electron chi connectivity index (χ1n) is 12.5. The molecule has 188 valence electrons. The molecule has 0 fully saturated rings. The van der Waals surface area contributed by atoms with Crippen molar-refractivity contribution in [3.05, 3.63) is 83.4 Å². The van der Waals surface area contributed by atoms with Crippen LogP contribution >= 0.6 is 0 Å². The minimum Gasteiger partial charge on any atom is -0.494 e. The lowest BCUT2D eigenvalue weighted by Gasteiger charge is -2.20. The van der Waals surface area contributed by atoms with Crippen LogP contribution in [-0.2, 0) is 6.54 Å². The van der Waals surface area contributed by atoms with E-state index in [1.54, 1.807) is 0 Å². The maximum atomic E-state index is 11.1. The van der Waals surface area contributed by atoms with Crippen LogP contribution in [0.4, 0.5) is 5.69 Å². The lowest BCUT2D eigenvalue weighted by molar-refractivity contribution is 0.266. The topological polar surface area (TPSA) is 70.1 Å². The molecule has 0 amide bonds. The van der Waals surface area contributed by atoms with E-state index in [4.69, 9.17) is 14.5 Å². The van der Waals surface area contributed by atoms with E-state index in [-0.39, 0.29) is 5.88 Å². The summed E-state index contributed by atoms with van der Waals surface area (Å²) in [5.74, 6) is 1.33. The van der Waals surface area contributed by atoms with Crippen molar-refractivity contribution in [2.24, 2.45) is 4.99 Å². The Labute approximate surface area is 213 Å². The Morgan fingerprint density at radius 3 is 2.19 bits per heavy atom. The van der Waals surface area contributed by atoms with Crippen LogP contribution in [0.1, 0.15) is 44.4 Å². The fourth-order valence-corrected chi connectivity index (χ4v) is 4.10. The Hall–Kier alpha value is -3.77. The number of fused-ring (bicyclic) bond motifs is 1. The summed E-state index contributed by atoms with van der Waals surface area (Å²) in [4.78, 5) is 10.4. The standard InChI is InChI=1S/C30H35N3O3/c1-6-35-26-17-24-25(18-27(26)36-7-2)32-30(34)28(24)29(22-11-9-8-10-12-22)31-23-15-13-21(14-16-23)19-33(5)20(3)4/h8-18,20,32,34H,6-7,19H2,1-5H3. The van der Waals surface area contributed by atoms with Crippen LogP contribution in [0.5, 0.6) is 17.4 Å². The van der Waals surface area contributed by atoms with Gasteiger partial charge >= 0.3 is 0 Å². The number of ether oxygens (including phenoxy) is 2. The molecule has 0 spiro atoms. The molecule has 0 aliphatic rings. The first-order chi connectivity index (χ1) is 17.4. The van der Waals surface area contributed by atoms with Gasteiger partial charge in [-0.15, -0.1) is 0 Å². The van der Waals surface area contributed by atoms with E-state index in [1.807, 2.05) is 68.4 Å². The van der Waals surface area contributed by atoms with Crippen LogP contribution < -0.4 is 9.47 Å². The van der Waals surface area contributed by atoms with Crippen LogP contribution in [0, 0.1) is 0 Å². The molecule has 0 aliphatic carbocycles. The number of hydrogen-bond donors (Lipinski definition) is 2. The molecule has 0 unspecified atom stereocenters. The first kappa shape index (κ1) is 25.3. The summed E-state index contributed by atoms with van der Waals surface area (Å²) < 4.78 is 11.6. The average molecular weight is 486 g/mol. The van der Waals surface area contributed by atoms with Crippen molar-refractivity contribution >= 4 is 22.3 Å². The number of aromatic hydroxyl groups is 1. The zero-order valence-corrected chi connectivity index (χ0v) is 21.7. The van der Waals surface area contributed by atoms with Gasteiger partial charge in [-0.05, 0) is 58.5 Å². The number of aromatic nitrogens is 1. The monoisotopic (exact) mass is 485 g/mol. The number of rotatable bonds is 10. The van der Waals surface area contributed by atoms with Gasteiger partial charge in [-0.25, -0.2) is 4.99 Å². The molecule has 0 bridgehead atoms. The molecule has 6 heteroatoms.